The number of aromatic hydroxyl groups is 1. The molecule has 0 bridgehead atoms. The number of fused-ring (bicyclic) bond motifs is 1. The number of likely N-dealkylation sites (N-methyl/N-ethyl adjacent to an activating group) is 1. The molecule has 0 fully saturated rings. The van der Waals surface area contributed by atoms with E-state index in [1.807, 2.05) is 0 Å². The Hall–Kier alpha value is -2.59. The molecule has 0 saturated carbocycles. The van der Waals surface area contributed by atoms with E-state index in [1.54, 1.807) is 13.1 Å². The molecule has 2 heterocycles. The minimum Gasteiger partial charge on any atom is -0.507 e. The standard InChI is InChI=1S/C14H13N3O5S2/c1-7-6-15-14(23-7)16-13(20)11-12(19)10-8(18)4-3-5-9(10)24(21,22)17(11)2/h3-6,18-19H,1-2H3,(H,15,16,20). The number of nitrogens with zero attached hydrogens (tertiary/aromatic N) is 2. The first-order chi connectivity index (χ1) is 11.2. The molecule has 0 spiro atoms. The maximum atomic E-state index is 12.5. The molecule has 0 atom stereocenters. The fourth-order valence-electron chi connectivity index (χ4n) is 2.33. The third-order valence-electron chi connectivity index (χ3n) is 3.48. The Balaban J connectivity index is 2.14. The summed E-state index contributed by atoms with van der Waals surface area (Å²) in [7, 11) is -2.93. The highest BCUT2D eigenvalue weighted by molar-refractivity contribution is 7.89. The van der Waals surface area contributed by atoms with E-state index in [4.69, 9.17) is 0 Å². The first-order valence-electron chi connectivity index (χ1n) is 6.71. The van der Waals surface area contributed by atoms with Crippen LogP contribution in [0.3, 0.4) is 0 Å². The van der Waals surface area contributed by atoms with Crippen molar-refractivity contribution >= 4 is 38.2 Å². The predicted octanol–water partition coefficient (Wildman–Crippen LogP) is 1.66. The van der Waals surface area contributed by atoms with E-state index in [0.717, 1.165) is 11.9 Å². The Morgan fingerprint density at radius 1 is 1.33 bits per heavy atom. The molecule has 1 aliphatic rings. The third-order valence-corrected chi connectivity index (χ3v) is 6.10. The molecule has 0 unspecified atom stereocenters. The van der Waals surface area contributed by atoms with Crippen molar-refractivity contribution in [3.8, 4) is 5.75 Å². The summed E-state index contributed by atoms with van der Waals surface area (Å²) in [5.41, 5.74) is -0.784. The van der Waals surface area contributed by atoms with Crippen LogP contribution in [0, 0.1) is 6.92 Å². The average molecular weight is 367 g/mol. The number of aliphatic hydroxyl groups excluding tert-OH is 1. The van der Waals surface area contributed by atoms with Gasteiger partial charge >= 0.3 is 0 Å². The highest BCUT2D eigenvalue weighted by Crippen LogP contribution is 2.39. The maximum absolute atomic E-state index is 12.5. The fraction of sp³-hybridized carbons (Fsp3) is 0.143. The van der Waals surface area contributed by atoms with E-state index < -0.39 is 33.1 Å². The molecule has 1 aliphatic heterocycles. The summed E-state index contributed by atoms with van der Waals surface area (Å²) in [6.45, 7) is 1.80. The molecule has 1 amide bonds. The van der Waals surface area contributed by atoms with Gasteiger partial charge < -0.3 is 10.2 Å². The van der Waals surface area contributed by atoms with Crippen molar-refractivity contribution in [3.05, 3.63) is 40.5 Å². The normalized spacial score (nSPS) is 16.0. The van der Waals surface area contributed by atoms with Crippen LogP contribution in [-0.4, -0.2) is 40.9 Å². The number of sulfonamides is 1. The number of anilines is 1. The van der Waals surface area contributed by atoms with E-state index in [9.17, 15) is 23.4 Å². The van der Waals surface area contributed by atoms with Gasteiger partial charge in [0.05, 0.1) is 5.56 Å². The van der Waals surface area contributed by atoms with Crippen molar-refractivity contribution in [2.45, 2.75) is 11.8 Å². The SMILES string of the molecule is Cc1cnc(NC(=O)C2=C(O)c3c(O)cccc3S(=O)(=O)N2C)s1. The van der Waals surface area contributed by atoms with Crippen molar-refractivity contribution < 1.29 is 23.4 Å². The summed E-state index contributed by atoms with van der Waals surface area (Å²) < 4.78 is 25.8. The summed E-state index contributed by atoms with van der Waals surface area (Å²) in [6.07, 6.45) is 1.55. The molecule has 3 rings (SSSR count). The molecule has 10 heteroatoms. The summed E-state index contributed by atoms with van der Waals surface area (Å²) in [4.78, 5) is 17.0. The van der Waals surface area contributed by atoms with Gasteiger partial charge in [-0.2, -0.15) is 0 Å². The molecule has 0 aliphatic carbocycles. The fourth-order valence-corrected chi connectivity index (χ4v) is 4.40. The first-order valence-corrected chi connectivity index (χ1v) is 8.97. The third kappa shape index (κ3) is 2.39. The Labute approximate surface area is 141 Å². The number of phenolic OH excluding ortho intramolecular Hbond substituents is 1. The molecule has 126 valence electrons. The van der Waals surface area contributed by atoms with E-state index in [2.05, 4.69) is 10.3 Å². The zero-order valence-electron chi connectivity index (χ0n) is 12.6. The average Bonchev–Trinajstić information content (AvgIpc) is 2.90. The molecule has 0 radical (unpaired) electrons. The van der Waals surface area contributed by atoms with Crippen LogP contribution < -0.4 is 5.32 Å². The van der Waals surface area contributed by atoms with Gasteiger partial charge in [-0.15, -0.1) is 11.3 Å². The second-order valence-electron chi connectivity index (χ2n) is 5.05. The molecule has 0 saturated heterocycles. The van der Waals surface area contributed by atoms with Crippen LogP contribution in [0.4, 0.5) is 5.13 Å². The lowest BCUT2D eigenvalue weighted by Crippen LogP contribution is -2.37. The molecule has 24 heavy (non-hydrogen) atoms. The molecular weight excluding hydrogens is 354 g/mol. The van der Waals surface area contributed by atoms with E-state index >= 15 is 0 Å². The number of rotatable bonds is 2. The number of carbonyl (C=O) groups is 1. The van der Waals surface area contributed by atoms with Gasteiger partial charge in [0.1, 0.15) is 10.6 Å². The van der Waals surface area contributed by atoms with Gasteiger partial charge in [0, 0.05) is 18.1 Å². The number of aromatic nitrogens is 1. The number of phenols is 1. The Morgan fingerprint density at radius 2 is 2.04 bits per heavy atom. The van der Waals surface area contributed by atoms with Crippen LogP contribution in [0.1, 0.15) is 10.4 Å². The van der Waals surface area contributed by atoms with Crippen molar-refractivity contribution in [2.75, 3.05) is 12.4 Å². The lowest BCUT2D eigenvalue weighted by molar-refractivity contribution is -0.113. The number of carbonyl (C=O) groups excluding carboxylic acids is 1. The van der Waals surface area contributed by atoms with E-state index in [1.165, 1.54) is 29.5 Å². The highest BCUT2D eigenvalue weighted by atomic mass is 32.2. The van der Waals surface area contributed by atoms with Crippen LogP contribution in [0.15, 0.2) is 35.0 Å². The topological polar surface area (TPSA) is 120 Å². The number of nitrogens with one attached hydrogen (secondary N) is 1. The van der Waals surface area contributed by atoms with Crippen molar-refractivity contribution in [2.24, 2.45) is 0 Å². The largest absolute Gasteiger partial charge is 0.507 e. The Kier molecular flexibility index (Phi) is 3.73. The Bertz CT molecular complexity index is 978. The molecule has 8 nitrogen and oxygen atoms in total. The summed E-state index contributed by atoms with van der Waals surface area (Å²) in [6, 6.07) is 3.82. The highest BCUT2D eigenvalue weighted by Gasteiger charge is 2.39. The van der Waals surface area contributed by atoms with Crippen LogP contribution in [-0.2, 0) is 14.8 Å². The maximum Gasteiger partial charge on any atom is 0.278 e. The van der Waals surface area contributed by atoms with Gasteiger partial charge in [0.15, 0.2) is 16.6 Å². The summed E-state index contributed by atoms with van der Waals surface area (Å²) >= 11 is 1.21. The number of aliphatic hydroxyl groups is 1. The molecule has 2 aromatic rings. The predicted molar refractivity (Wildman–Crippen MR) is 88.1 cm³/mol. The Morgan fingerprint density at radius 3 is 2.67 bits per heavy atom. The van der Waals surface area contributed by atoms with Crippen LogP contribution in [0.5, 0.6) is 5.75 Å². The second-order valence-corrected chi connectivity index (χ2v) is 8.22. The van der Waals surface area contributed by atoms with Gasteiger partial charge in [0.25, 0.3) is 15.9 Å². The van der Waals surface area contributed by atoms with Crippen molar-refractivity contribution in [1.29, 1.82) is 0 Å². The quantitative estimate of drug-likeness (QED) is 0.742. The minimum absolute atomic E-state index is 0.270. The van der Waals surface area contributed by atoms with Gasteiger partial charge in [-0.1, -0.05) is 6.07 Å². The van der Waals surface area contributed by atoms with Gasteiger partial charge in [0.2, 0.25) is 0 Å². The molecule has 1 aromatic heterocycles. The van der Waals surface area contributed by atoms with Crippen LogP contribution >= 0.6 is 11.3 Å². The van der Waals surface area contributed by atoms with Crippen LogP contribution in [0.2, 0.25) is 0 Å². The smallest absolute Gasteiger partial charge is 0.278 e. The van der Waals surface area contributed by atoms with E-state index in [0.29, 0.717) is 4.31 Å². The van der Waals surface area contributed by atoms with Crippen LogP contribution in [0.25, 0.3) is 5.76 Å². The number of thiazole rings is 1. The van der Waals surface area contributed by atoms with E-state index in [-0.39, 0.29) is 15.6 Å². The first kappa shape index (κ1) is 16.3. The van der Waals surface area contributed by atoms with Crippen molar-refractivity contribution in [1.82, 2.24) is 9.29 Å². The number of benzene rings is 1. The zero-order chi connectivity index (χ0) is 17.6. The summed E-state index contributed by atoms with van der Waals surface area (Å²) in [5.74, 6) is -1.90. The van der Waals surface area contributed by atoms with Gasteiger partial charge in [-0.25, -0.2) is 13.4 Å². The zero-order valence-corrected chi connectivity index (χ0v) is 14.3. The molecule has 1 aromatic carbocycles. The number of hydrogen-bond acceptors (Lipinski definition) is 7. The van der Waals surface area contributed by atoms with Gasteiger partial charge in [-0.3, -0.25) is 14.4 Å². The lowest BCUT2D eigenvalue weighted by Gasteiger charge is -2.28. The number of hydrogen-bond donors (Lipinski definition) is 3. The lowest BCUT2D eigenvalue weighted by atomic mass is 10.1. The molecular formula is C14H13N3O5S2. The minimum atomic E-state index is -4.08. The molecule has 3 N–H and O–H groups in total. The monoisotopic (exact) mass is 367 g/mol. The summed E-state index contributed by atoms with van der Waals surface area (Å²) in [5, 5.41) is 23.0. The number of amides is 1. The van der Waals surface area contributed by atoms with Gasteiger partial charge in [-0.05, 0) is 19.1 Å². The van der Waals surface area contributed by atoms with Crippen molar-refractivity contribution in [3.63, 3.8) is 0 Å². The number of aryl methyl sites for hydroxylation is 1. The second kappa shape index (κ2) is 5.49.